The van der Waals surface area contributed by atoms with Crippen LogP contribution < -0.4 is 0 Å². The molecule has 322 valence electrons. The SMILES string of the molecule is c1ccc(-c2cc(-c3ccccc3)cc(-c3nc(-c4ccccc4)nc(-c4ccc5c(c4)C4(c6ccccc6Sc6cc7c(cc64)oc4ccccc47)c4ccccc4-c4ccccc4-5)n3)c2)cc1. The van der Waals surface area contributed by atoms with Gasteiger partial charge in [0.25, 0.3) is 0 Å². The minimum Gasteiger partial charge on any atom is -0.456 e. The molecule has 0 bridgehead atoms. The highest BCUT2D eigenvalue weighted by Crippen LogP contribution is 2.62. The van der Waals surface area contributed by atoms with E-state index < -0.39 is 5.41 Å². The second kappa shape index (κ2) is 15.7. The van der Waals surface area contributed by atoms with Gasteiger partial charge in [-0.2, -0.15) is 0 Å². The molecule has 10 aromatic carbocycles. The molecule has 2 aliphatic rings. The smallest absolute Gasteiger partial charge is 0.164 e. The summed E-state index contributed by atoms with van der Waals surface area (Å²) in [7, 11) is 0. The number of aromatic nitrogens is 3. The molecular formula is C64H39N3OS. The Balaban J connectivity index is 1.07. The molecule has 4 nitrogen and oxygen atoms in total. The first-order chi connectivity index (χ1) is 34.2. The Labute approximate surface area is 403 Å². The summed E-state index contributed by atoms with van der Waals surface area (Å²) in [6, 6.07) is 84.8. The molecule has 0 amide bonds. The van der Waals surface area contributed by atoms with Crippen LogP contribution in [0.1, 0.15) is 22.3 Å². The molecule has 5 heteroatoms. The van der Waals surface area contributed by atoms with E-state index in [4.69, 9.17) is 19.4 Å². The number of hydrogen-bond donors (Lipinski definition) is 0. The minimum absolute atomic E-state index is 0.598. The molecule has 69 heavy (non-hydrogen) atoms. The molecule has 2 aromatic heterocycles. The van der Waals surface area contributed by atoms with Crippen LogP contribution in [0.2, 0.25) is 0 Å². The largest absolute Gasteiger partial charge is 0.456 e. The Morgan fingerprint density at radius 1 is 0.290 bits per heavy atom. The van der Waals surface area contributed by atoms with E-state index in [0.717, 1.165) is 72.0 Å². The Kier molecular flexibility index (Phi) is 9.01. The Morgan fingerprint density at radius 2 is 0.812 bits per heavy atom. The molecule has 1 atom stereocenters. The maximum atomic E-state index is 6.75. The van der Waals surface area contributed by atoms with Gasteiger partial charge >= 0.3 is 0 Å². The normalized spacial score (nSPS) is 14.4. The summed E-state index contributed by atoms with van der Waals surface area (Å²) in [4.78, 5) is 18.5. The van der Waals surface area contributed by atoms with E-state index in [2.05, 4.69) is 212 Å². The minimum atomic E-state index is -0.780. The summed E-state index contributed by atoms with van der Waals surface area (Å²) in [5.41, 5.74) is 17.6. The average molecular weight is 898 g/mol. The average Bonchev–Trinajstić information content (AvgIpc) is 3.75. The molecule has 0 saturated heterocycles. The lowest BCUT2D eigenvalue weighted by molar-refractivity contribution is 0.660. The fourth-order valence-electron chi connectivity index (χ4n) is 10.9. The number of para-hydroxylation sites is 1. The predicted molar refractivity (Wildman–Crippen MR) is 281 cm³/mol. The maximum Gasteiger partial charge on any atom is 0.164 e. The lowest BCUT2D eigenvalue weighted by Crippen LogP contribution is -2.34. The van der Waals surface area contributed by atoms with Crippen molar-refractivity contribution in [1.29, 1.82) is 0 Å². The van der Waals surface area contributed by atoms with Crippen LogP contribution in [0.15, 0.2) is 251 Å². The van der Waals surface area contributed by atoms with E-state index in [0.29, 0.717) is 17.5 Å². The predicted octanol–water partition coefficient (Wildman–Crippen LogP) is 16.6. The van der Waals surface area contributed by atoms with E-state index in [1.54, 1.807) is 0 Å². The summed E-state index contributed by atoms with van der Waals surface area (Å²) >= 11 is 1.84. The van der Waals surface area contributed by atoms with Crippen LogP contribution in [0.5, 0.6) is 0 Å². The summed E-state index contributed by atoms with van der Waals surface area (Å²) in [5.74, 6) is 1.81. The number of fused-ring (bicyclic) bond motifs is 14. The quantitative estimate of drug-likeness (QED) is 0.172. The summed E-state index contributed by atoms with van der Waals surface area (Å²) in [6.45, 7) is 0. The van der Waals surface area contributed by atoms with Gasteiger partial charge in [-0.1, -0.05) is 200 Å². The molecule has 1 unspecified atom stereocenters. The van der Waals surface area contributed by atoms with E-state index in [1.165, 1.54) is 43.2 Å². The molecule has 0 saturated carbocycles. The molecule has 0 fully saturated rings. The molecule has 3 heterocycles. The first-order valence-electron chi connectivity index (χ1n) is 23.3. The zero-order valence-electron chi connectivity index (χ0n) is 37.2. The van der Waals surface area contributed by atoms with Crippen LogP contribution in [0.4, 0.5) is 0 Å². The summed E-state index contributed by atoms with van der Waals surface area (Å²) < 4.78 is 6.75. The third-order valence-corrected chi connectivity index (χ3v) is 15.1. The highest BCUT2D eigenvalue weighted by molar-refractivity contribution is 7.99. The molecule has 1 spiro atoms. The number of furan rings is 1. The fraction of sp³-hybridized carbons (Fsp3) is 0.0156. The zero-order valence-corrected chi connectivity index (χ0v) is 38.0. The van der Waals surface area contributed by atoms with Crippen molar-refractivity contribution in [3.63, 3.8) is 0 Å². The molecule has 14 rings (SSSR count). The van der Waals surface area contributed by atoms with Gasteiger partial charge in [-0.15, -0.1) is 0 Å². The van der Waals surface area contributed by atoms with Crippen LogP contribution in [-0.4, -0.2) is 15.0 Å². The molecule has 1 aliphatic carbocycles. The lowest BCUT2D eigenvalue weighted by atomic mass is 9.63. The third-order valence-electron chi connectivity index (χ3n) is 14.0. The van der Waals surface area contributed by atoms with E-state index in [9.17, 15) is 0 Å². The van der Waals surface area contributed by atoms with Crippen molar-refractivity contribution in [1.82, 2.24) is 15.0 Å². The van der Waals surface area contributed by atoms with Gasteiger partial charge in [0.2, 0.25) is 0 Å². The summed E-state index contributed by atoms with van der Waals surface area (Å²) in [5, 5.41) is 2.23. The standard InChI is InChI=1S/C64H39N3OS/c1-4-18-40(19-5-1)44-34-45(41-20-6-2-7-21-41)36-46(35-44)63-66-61(42-22-8-3-9-23-42)65-62(67-63)43-32-33-50-48-25-11-10-24-47(48)49-26-12-14-28-53(49)64(55(50)37-43)54-29-15-17-31-59(54)69-60-38-52-51-27-13-16-30-57(51)68-58(52)39-56(60)64/h1-39H. The van der Waals surface area contributed by atoms with Gasteiger partial charge in [-0.25, -0.2) is 15.0 Å². The van der Waals surface area contributed by atoms with Crippen LogP contribution in [0.25, 0.3) is 101 Å². The third kappa shape index (κ3) is 6.28. The van der Waals surface area contributed by atoms with Gasteiger partial charge in [0, 0.05) is 37.3 Å². The highest BCUT2D eigenvalue weighted by atomic mass is 32.2. The van der Waals surface area contributed by atoms with Gasteiger partial charge in [0.05, 0.1) is 5.41 Å². The Morgan fingerprint density at radius 3 is 1.51 bits per heavy atom. The molecule has 12 aromatic rings. The van der Waals surface area contributed by atoms with Crippen molar-refractivity contribution in [3.8, 4) is 78.7 Å². The second-order valence-corrected chi connectivity index (χ2v) is 18.9. The van der Waals surface area contributed by atoms with E-state index in [-0.39, 0.29) is 0 Å². The van der Waals surface area contributed by atoms with Crippen LogP contribution >= 0.6 is 11.8 Å². The number of benzene rings is 10. The van der Waals surface area contributed by atoms with Crippen molar-refractivity contribution in [2.75, 3.05) is 0 Å². The van der Waals surface area contributed by atoms with Gasteiger partial charge in [0.1, 0.15) is 11.2 Å². The van der Waals surface area contributed by atoms with E-state index >= 15 is 0 Å². The van der Waals surface area contributed by atoms with Crippen molar-refractivity contribution < 1.29 is 4.42 Å². The fourth-order valence-corrected chi connectivity index (χ4v) is 12.1. The van der Waals surface area contributed by atoms with Crippen molar-refractivity contribution >= 4 is 33.7 Å². The Bertz CT molecular complexity index is 3940. The van der Waals surface area contributed by atoms with Crippen molar-refractivity contribution in [3.05, 3.63) is 259 Å². The maximum absolute atomic E-state index is 6.75. The number of hydrogen-bond acceptors (Lipinski definition) is 5. The number of rotatable bonds is 5. The van der Waals surface area contributed by atoms with Crippen LogP contribution in [-0.2, 0) is 5.41 Å². The van der Waals surface area contributed by atoms with Crippen LogP contribution in [0.3, 0.4) is 0 Å². The topological polar surface area (TPSA) is 51.8 Å². The zero-order chi connectivity index (χ0) is 45.5. The van der Waals surface area contributed by atoms with Gasteiger partial charge < -0.3 is 4.42 Å². The molecular weight excluding hydrogens is 859 g/mol. The molecule has 0 radical (unpaired) electrons. The van der Waals surface area contributed by atoms with Crippen LogP contribution in [0, 0.1) is 0 Å². The Hall–Kier alpha value is -8.64. The summed E-state index contributed by atoms with van der Waals surface area (Å²) in [6.07, 6.45) is 0. The van der Waals surface area contributed by atoms with E-state index in [1.807, 2.05) is 36.0 Å². The first-order valence-corrected chi connectivity index (χ1v) is 24.1. The highest BCUT2D eigenvalue weighted by Gasteiger charge is 2.49. The lowest BCUT2D eigenvalue weighted by Gasteiger charge is -2.42. The monoisotopic (exact) mass is 897 g/mol. The van der Waals surface area contributed by atoms with Gasteiger partial charge in [0.15, 0.2) is 17.5 Å². The van der Waals surface area contributed by atoms with Gasteiger partial charge in [-0.05, 0) is 115 Å². The molecule has 0 N–H and O–H groups in total. The number of nitrogens with zero attached hydrogens (tertiary/aromatic N) is 3. The molecule has 1 aliphatic heterocycles. The second-order valence-electron chi connectivity index (χ2n) is 17.8. The van der Waals surface area contributed by atoms with Crippen molar-refractivity contribution in [2.45, 2.75) is 15.2 Å². The van der Waals surface area contributed by atoms with Gasteiger partial charge in [-0.3, -0.25) is 0 Å². The van der Waals surface area contributed by atoms with Crippen molar-refractivity contribution in [2.24, 2.45) is 0 Å². The first kappa shape index (κ1) is 39.5.